The molecule has 1 aromatic rings. The minimum Gasteiger partial charge on any atom is -0.307 e. The summed E-state index contributed by atoms with van der Waals surface area (Å²) in [6, 6.07) is 0.611. The van der Waals surface area contributed by atoms with Gasteiger partial charge in [-0.15, -0.1) is 11.3 Å². The largest absolute Gasteiger partial charge is 0.307 e. The van der Waals surface area contributed by atoms with Crippen LogP contribution in [0.4, 0.5) is 0 Å². The molecule has 2 rings (SSSR count). The van der Waals surface area contributed by atoms with Gasteiger partial charge in [-0.25, -0.2) is 4.98 Å². The molecule has 0 radical (unpaired) electrons. The summed E-state index contributed by atoms with van der Waals surface area (Å²) in [5.74, 6) is 0.238. The Hall–Kier alpha value is -0.740. The van der Waals surface area contributed by atoms with Crippen molar-refractivity contribution in [2.75, 3.05) is 6.54 Å². The minimum atomic E-state index is 0.238. The molecule has 1 aromatic heterocycles. The lowest BCUT2D eigenvalue weighted by molar-refractivity contribution is -0.117. The van der Waals surface area contributed by atoms with Gasteiger partial charge in [-0.1, -0.05) is 0 Å². The van der Waals surface area contributed by atoms with Gasteiger partial charge in [0.05, 0.1) is 18.0 Å². The second-order valence-electron chi connectivity index (χ2n) is 3.30. The van der Waals surface area contributed by atoms with Gasteiger partial charge in [0.2, 0.25) is 0 Å². The highest BCUT2D eigenvalue weighted by Gasteiger charge is 2.21. The fourth-order valence-electron chi connectivity index (χ4n) is 1.12. The van der Waals surface area contributed by atoms with Crippen LogP contribution >= 0.6 is 11.3 Å². The number of hydrogen-bond acceptors (Lipinski definition) is 4. The molecule has 1 fully saturated rings. The molecule has 0 saturated heterocycles. The van der Waals surface area contributed by atoms with Crippen molar-refractivity contribution in [2.24, 2.45) is 0 Å². The van der Waals surface area contributed by atoms with E-state index in [0.717, 1.165) is 5.01 Å². The molecular weight excluding hydrogens is 184 g/mol. The first kappa shape index (κ1) is 8.84. The molecule has 4 heteroatoms. The summed E-state index contributed by atoms with van der Waals surface area (Å²) < 4.78 is 0. The van der Waals surface area contributed by atoms with Crippen LogP contribution in [0.15, 0.2) is 11.6 Å². The lowest BCUT2D eigenvalue weighted by atomic mass is 10.3. The van der Waals surface area contributed by atoms with E-state index in [-0.39, 0.29) is 5.78 Å². The number of carbonyl (C=O) groups excluding carboxylic acids is 1. The van der Waals surface area contributed by atoms with Gasteiger partial charge in [0.1, 0.15) is 0 Å². The Morgan fingerprint density at radius 3 is 3.15 bits per heavy atom. The molecule has 1 aliphatic carbocycles. The van der Waals surface area contributed by atoms with Crippen LogP contribution in [-0.4, -0.2) is 23.4 Å². The van der Waals surface area contributed by atoms with Gasteiger partial charge in [-0.05, 0) is 12.8 Å². The molecule has 0 bridgehead atoms. The van der Waals surface area contributed by atoms with Crippen LogP contribution < -0.4 is 5.32 Å². The van der Waals surface area contributed by atoms with Crippen LogP contribution in [-0.2, 0) is 11.2 Å². The Labute approximate surface area is 81.2 Å². The lowest BCUT2D eigenvalue weighted by Crippen LogP contribution is -2.25. The van der Waals surface area contributed by atoms with Crippen LogP contribution in [0.2, 0.25) is 0 Å². The van der Waals surface area contributed by atoms with Crippen molar-refractivity contribution >= 4 is 17.1 Å². The first-order valence-corrected chi connectivity index (χ1v) is 5.36. The van der Waals surface area contributed by atoms with Crippen LogP contribution in [0.5, 0.6) is 0 Å². The number of Topliss-reactive ketones (excluding diaryl/α,β-unsaturated/α-hetero) is 1. The second kappa shape index (κ2) is 3.98. The maximum atomic E-state index is 11.3. The number of nitrogens with one attached hydrogen (secondary N) is 1. The summed E-state index contributed by atoms with van der Waals surface area (Å²) in [4.78, 5) is 15.4. The number of ketones is 1. The van der Waals surface area contributed by atoms with Gasteiger partial charge in [0.15, 0.2) is 5.78 Å². The van der Waals surface area contributed by atoms with E-state index in [1.165, 1.54) is 12.8 Å². The molecule has 1 saturated carbocycles. The molecule has 0 aliphatic heterocycles. The van der Waals surface area contributed by atoms with E-state index in [4.69, 9.17) is 0 Å². The van der Waals surface area contributed by atoms with E-state index in [1.807, 2.05) is 5.38 Å². The monoisotopic (exact) mass is 196 g/mol. The Morgan fingerprint density at radius 1 is 1.69 bits per heavy atom. The molecule has 3 nitrogen and oxygen atoms in total. The average Bonchev–Trinajstić information content (AvgIpc) is 2.82. The molecule has 1 heterocycles. The standard InChI is InChI=1S/C9H12N2OS/c12-8(6-11-7-1-2-7)5-9-10-3-4-13-9/h3-4,7,11H,1-2,5-6H2. The Balaban J connectivity index is 1.71. The third kappa shape index (κ3) is 2.90. The normalized spacial score (nSPS) is 16.0. The highest BCUT2D eigenvalue weighted by atomic mass is 32.1. The van der Waals surface area contributed by atoms with Gasteiger partial charge >= 0.3 is 0 Å². The molecule has 70 valence electrons. The quantitative estimate of drug-likeness (QED) is 0.764. The molecular formula is C9H12N2OS. The zero-order valence-corrected chi connectivity index (χ0v) is 8.14. The maximum Gasteiger partial charge on any atom is 0.153 e. The number of hydrogen-bond donors (Lipinski definition) is 1. The summed E-state index contributed by atoms with van der Waals surface area (Å²) >= 11 is 1.54. The van der Waals surface area contributed by atoms with E-state index in [2.05, 4.69) is 10.3 Å². The van der Waals surface area contributed by atoms with Gasteiger partial charge < -0.3 is 5.32 Å². The van der Waals surface area contributed by atoms with E-state index in [0.29, 0.717) is 19.0 Å². The van der Waals surface area contributed by atoms with Crippen LogP contribution in [0, 0.1) is 0 Å². The van der Waals surface area contributed by atoms with Crippen LogP contribution in [0.25, 0.3) is 0 Å². The van der Waals surface area contributed by atoms with Crippen LogP contribution in [0.3, 0.4) is 0 Å². The van der Waals surface area contributed by atoms with Gasteiger partial charge in [-0.3, -0.25) is 4.79 Å². The van der Waals surface area contributed by atoms with Gasteiger partial charge in [0, 0.05) is 17.6 Å². The summed E-state index contributed by atoms with van der Waals surface area (Å²) in [5.41, 5.74) is 0. The number of carbonyl (C=O) groups is 1. The molecule has 13 heavy (non-hydrogen) atoms. The number of aromatic nitrogens is 1. The lowest BCUT2D eigenvalue weighted by Gasteiger charge is -1.99. The molecule has 1 N–H and O–H groups in total. The highest BCUT2D eigenvalue weighted by molar-refractivity contribution is 7.09. The summed E-state index contributed by atoms with van der Waals surface area (Å²) in [7, 11) is 0. The number of rotatable bonds is 5. The number of thiazole rings is 1. The molecule has 0 aromatic carbocycles. The first-order valence-electron chi connectivity index (χ1n) is 4.48. The molecule has 0 spiro atoms. The average molecular weight is 196 g/mol. The van der Waals surface area contributed by atoms with Crippen molar-refractivity contribution in [3.8, 4) is 0 Å². The van der Waals surface area contributed by atoms with Gasteiger partial charge in [0.25, 0.3) is 0 Å². The van der Waals surface area contributed by atoms with Crippen molar-refractivity contribution in [1.29, 1.82) is 0 Å². The second-order valence-corrected chi connectivity index (χ2v) is 4.28. The zero-order valence-electron chi connectivity index (χ0n) is 7.32. The summed E-state index contributed by atoms with van der Waals surface area (Å²) in [5, 5.41) is 6.01. The fourth-order valence-corrected chi connectivity index (χ4v) is 1.76. The highest BCUT2D eigenvalue weighted by Crippen LogP contribution is 2.18. The van der Waals surface area contributed by atoms with Crippen molar-refractivity contribution in [1.82, 2.24) is 10.3 Å². The van der Waals surface area contributed by atoms with Crippen molar-refractivity contribution < 1.29 is 4.79 Å². The number of nitrogens with zero attached hydrogens (tertiary/aromatic N) is 1. The third-order valence-electron chi connectivity index (χ3n) is 2.00. The molecule has 0 atom stereocenters. The van der Waals surface area contributed by atoms with Gasteiger partial charge in [-0.2, -0.15) is 0 Å². The van der Waals surface area contributed by atoms with E-state index >= 15 is 0 Å². The van der Waals surface area contributed by atoms with Crippen molar-refractivity contribution in [3.05, 3.63) is 16.6 Å². The SMILES string of the molecule is O=C(CNC1CC1)Cc1nccs1. The third-order valence-corrected chi connectivity index (χ3v) is 2.78. The minimum absolute atomic E-state index is 0.238. The molecule has 0 amide bonds. The Kier molecular flexibility index (Phi) is 2.71. The summed E-state index contributed by atoms with van der Waals surface area (Å²) in [6.45, 7) is 0.504. The predicted molar refractivity (Wildman–Crippen MR) is 51.8 cm³/mol. The Bertz CT molecular complexity index is 280. The van der Waals surface area contributed by atoms with Crippen molar-refractivity contribution in [2.45, 2.75) is 25.3 Å². The summed E-state index contributed by atoms with van der Waals surface area (Å²) in [6.07, 6.45) is 4.67. The smallest absolute Gasteiger partial charge is 0.153 e. The van der Waals surface area contributed by atoms with Crippen LogP contribution in [0.1, 0.15) is 17.8 Å². The molecule has 1 aliphatic rings. The Morgan fingerprint density at radius 2 is 2.54 bits per heavy atom. The van der Waals surface area contributed by atoms with E-state index < -0.39 is 0 Å². The van der Waals surface area contributed by atoms with E-state index in [9.17, 15) is 4.79 Å². The predicted octanol–water partition coefficient (Wildman–Crippen LogP) is 1.01. The first-order chi connectivity index (χ1) is 6.34. The topological polar surface area (TPSA) is 42.0 Å². The molecule has 0 unspecified atom stereocenters. The zero-order chi connectivity index (χ0) is 9.10. The van der Waals surface area contributed by atoms with E-state index in [1.54, 1.807) is 17.5 Å². The maximum absolute atomic E-state index is 11.3. The van der Waals surface area contributed by atoms with Crippen molar-refractivity contribution in [3.63, 3.8) is 0 Å². The fraction of sp³-hybridized carbons (Fsp3) is 0.556.